The molecule has 1 N–H and O–H groups in total. The van der Waals surface area contributed by atoms with E-state index in [9.17, 15) is 4.39 Å². The maximum atomic E-state index is 14.5. The van der Waals surface area contributed by atoms with Crippen LogP contribution in [0.1, 0.15) is 44.7 Å². The quantitative estimate of drug-likeness (QED) is 0.332. The highest BCUT2D eigenvalue weighted by Gasteiger charge is 2.44. The second kappa shape index (κ2) is 7.97. The van der Waals surface area contributed by atoms with Crippen LogP contribution in [0.3, 0.4) is 0 Å². The second-order valence-electron chi connectivity index (χ2n) is 7.58. The van der Waals surface area contributed by atoms with E-state index in [2.05, 4.69) is 37.9 Å². The average molecular weight is 392 g/mol. The molecule has 0 amide bonds. The van der Waals surface area contributed by atoms with Crippen LogP contribution in [-0.4, -0.2) is 16.8 Å². The van der Waals surface area contributed by atoms with Crippen molar-refractivity contribution in [1.29, 1.82) is 0 Å². The summed E-state index contributed by atoms with van der Waals surface area (Å²) in [6, 6.07) is 5.48. The summed E-state index contributed by atoms with van der Waals surface area (Å²) in [4.78, 5) is 0. The monoisotopic (exact) mass is 391 g/mol. The van der Waals surface area contributed by atoms with Gasteiger partial charge in [0.25, 0.3) is 0 Å². The first kappa shape index (κ1) is 19.8. The maximum absolute atomic E-state index is 14.5. The van der Waals surface area contributed by atoms with Gasteiger partial charge in [-0.2, -0.15) is 0 Å². The van der Waals surface area contributed by atoms with E-state index in [1.165, 1.54) is 23.7 Å². The minimum atomic E-state index is -0.245. The van der Waals surface area contributed by atoms with Gasteiger partial charge in [-0.25, -0.2) is 4.39 Å². The number of hydrogen-bond acceptors (Lipinski definition) is 1. The molecule has 3 atom stereocenters. The Kier molecular flexibility index (Phi) is 6.07. The van der Waals surface area contributed by atoms with Gasteiger partial charge in [0, 0.05) is 17.3 Å². The van der Waals surface area contributed by atoms with Gasteiger partial charge < -0.3 is 0 Å². The van der Waals surface area contributed by atoms with Gasteiger partial charge >= 0.3 is 0 Å². The minimum absolute atomic E-state index is 0.131. The molecule has 2 aliphatic rings. The summed E-state index contributed by atoms with van der Waals surface area (Å²) >= 11 is 6.01. The van der Waals surface area contributed by atoms with Crippen LogP contribution in [0.15, 0.2) is 53.6 Å². The van der Waals surface area contributed by atoms with E-state index in [0.717, 1.165) is 23.7 Å². The molecule has 0 saturated carbocycles. The number of halogens is 2. The molecule has 3 rings (SSSR count). The Bertz CT molecular complexity index is 767. The Morgan fingerprint density at radius 2 is 2.23 bits per heavy atom. The number of rotatable bonds is 6. The first-order valence-corrected chi connectivity index (χ1v) is 11.4. The Balaban J connectivity index is 1.86. The number of alkyl halides is 1. The van der Waals surface area contributed by atoms with Crippen molar-refractivity contribution in [2.75, 3.05) is 6.16 Å². The van der Waals surface area contributed by atoms with Crippen LogP contribution in [-0.2, 0) is 12.7 Å². The molecule has 1 aromatic carbocycles. The van der Waals surface area contributed by atoms with Crippen LogP contribution in [0, 0.1) is 5.82 Å². The molecule has 1 aromatic rings. The SMILES string of the molecule is C=CC1=C(C)C=C2CCP(Cc3cccc(F)c3CNC(C)Cl)C2(C)C1. The molecule has 1 aliphatic carbocycles. The summed E-state index contributed by atoms with van der Waals surface area (Å²) in [5, 5.41) is 3.37. The average Bonchev–Trinajstić information content (AvgIpc) is 2.89. The molecule has 3 unspecified atom stereocenters. The topological polar surface area (TPSA) is 12.0 Å². The molecule has 4 heteroatoms. The van der Waals surface area contributed by atoms with Crippen LogP contribution < -0.4 is 5.32 Å². The molecule has 1 aliphatic heterocycles. The third kappa shape index (κ3) is 3.84. The highest BCUT2D eigenvalue weighted by Crippen LogP contribution is 2.66. The van der Waals surface area contributed by atoms with Crippen molar-refractivity contribution in [1.82, 2.24) is 5.32 Å². The van der Waals surface area contributed by atoms with E-state index in [1.54, 1.807) is 11.6 Å². The molecule has 26 heavy (non-hydrogen) atoms. The van der Waals surface area contributed by atoms with E-state index in [4.69, 9.17) is 11.6 Å². The molecule has 1 fully saturated rings. The van der Waals surface area contributed by atoms with Crippen LogP contribution in [0.5, 0.6) is 0 Å². The molecule has 0 aromatic heterocycles. The Morgan fingerprint density at radius 1 is 1.46 bits per heavy atom. The van der Waals surface area contributed by atoms with Gasteiger partial charge in [-0.05, 0) is 61.8 Å². The van der Waals surface area contributed by atoms with Crippen LogP contribution in [0.4, 0.5) is 4.39 Å². The van der Waals surface area contributed by atoms with Crippen LogP contribution in [0.2, 0.25) is 0 Å². The smallest absolute Gasteiger partial charge is 0.127 e. The van der Waals surface area contributed by atoms with Gasteiger partial charge in [0.15, 0.2) is 0 Å². The number of benzene rings is 1. The molecule has 1 saturated heterocycles. The number of allylic oxidation sites excluding steroid dienone is 5. The lowest BCUT2D eigenvalue weighted by Crippen LogP contribution is -2.25. The highest BCUT2D eigenvalue weighted by atomic mass is 35.5. The highest BCUT2D eigenvalue weighted by molar-refractivity contribution is 7.59. The van der Waals surface area contributed by atoms with Crippen molar-refractivity contribution in [3.63, 3.8) is 0 Å². The zero-order chi connectivity index (χ0) is 18.9. The van der Waals surface area contributed by atoms with Gasteiger partial charge in [0.05, 0.1) is 5.50 Å². The number of nitrogens with one attached hydrogen (secondary N) is 1. The predicted octanol–water partition coefficient (Wildman–Crippen LogP) is 6.48. The fourth-order valence-corrected chi connectivity index (χ4v) is 7.45. The zero-order valence-electron chi connectivity index (χ0n) is 15.9. The van der Waals surface area contributed by atoms with Crippen molar-refractivity contribution in [3.05, 3.63) is 70.6 Å². The third-order valence-electron chi connectivity index (χ3n) is 5.86. The summed E-state index contributed by atoms with van der Waals surface area (Å²) < 4.78 is 14.5. The maximum Gasteiger partial charge on any atom is 0.127 e. The summed E-state index contributed by atoms with van der Waals surface area (Å²) in [6.07, 6.45) is 8.83. The lowest BCUT2D eigenvalue weighted by atomic mass is 9.83. The Morgan fingerprint density at radius 3 is 2.92 bits per heavy atom. The van der Waals surface area contributed by atoms with Crippen LogP contribution >= 0.6 is 19.5 Å². The summed E-state index contributed by atoms with van der Waals surface area (Å²) in [5.41, 5.74) is 6.04. The number of fused-ring (bicyclic) bond motifs is 1. The van der Waals surface area contributed by atoms with Gasteiger partial charge in [0.2, 0.25) is 0 Å². The van der Waals surface area contributed by atoms with E-state index in [1.807, 2.05) is 19.1 Å². The van der Waals surface area contributed by atoms with Crippen molar-refractivity contribution < 1.29 is 4.39 Å². The Labute approximate surface area is 163 Å². The van der Waals surface area contributed by atoms with Crippen molar-refractivity contribution in [2.45, 2.75) is 57.0 Å². The largest absolute Gasteiger partial charge is 0.297 e. The third-order valence-corrected chi connectivity index (χ3v) is 9.34. The van der Waals surface area contributed by atoms with Crippen molar-refractivity contribution in [3.8, 4) is 0 Å². The predicted molar refractivity (Wildman–Crippen MR) is 113 cm³/mol. The molecular formula is C22H28ClFNP. The molecule has 0 bridgehead atoms. The molecule has 140 valence electrons. The second-order valence-corrected chi connectivity index (χ2v) is 11.1. The van der Waals surface area contributed by atoms with Crippen molar-refractivity contribution >= 4 is 19.5 Å². The van der Waals surface area contributed by atoms with E-state index in [0.29, 0.717) is 6.54 Å². The lowest BCUT2D eigenvalue weighted by molar-refractivity contribution is 0.582. The number of hydrogen-bond donors (Lipinski definition) is 1. The normalized spacial score (nSPS) is 26.5. The summed E-state index contributed by atoms with van der Waals surface area (Å²) in [6.45, 7) is 11.0. The molecule has 1 heterocycles. The summed E-state index contributed by atoms with van der Waals surface area (Å²) in [7, 11) is -0.245. The molecule has 0 radical (unpaired) electrons. The standard InChI is InChI=1S/C22H28ClFNP/c1-5-17-12-22(4)19(11-15(17)2)9-10-26(22)14-18-7-6-8-21(24)20(18)13-25-16(3)23/h5-8,11,16,25H,1,9-10,12-14H2,2-4H3. The minimum Gasteiger partial charge on any atom is -0.297 e. The first-order chi connectivity index (χ1) is 12.3. The lowest BCUT2D eigenvalue weighted by Gasteiger charge is -2.37. The fraction of sp³-hybridized carbons (Fsp3) is 0.455. The summed E-state index contributed by atoms with van der Waals surface area (Å²) in [5.74, 6) is -0.131. The van der Waals surface area contributed by atoms with E-state index in [-0.39, 0.29) is 24.4 Å². The van der Waals surface area contributed by atoms with Gasteiger partial charge in [-0.15, -0.1) is 11.6 Å². The zero-order valence-corrected chi connectivity index (χ0v) is 17.6. The van der Waals surface area contributed by atoms with Gasteiger partial charge in [-0.1, -0.05) is 51.3 Å². The van der Waals surface area contributed by atoms with Gasteiger partial charge in [0.1, 0.15) is 5.82 Å². The molecule has 0 spiro atoms. The fourth-order valence-electron chi connectivity index (χ4n) is 4.18. The van der Waals surface area contributed by atoms with Crippen LogP contribution in [0.25, 0.3) is 0 Å². The van der Waals surface area contributed by atoms with Crippen molar-refractivity contribution in [2.24, 2.45) is 0 Å². The first-order valence-electron chi connectivity index (χ1n) is 9.27. The van der Waals surface area contributed by atoms with E-state index >= 15 is 0 Å². The van der Waals surface area contributed by atoms with Gasteiger partial charge in [-0.3, -0.25) is 5.32 Å². The molecule has 1 nitrogen and oxygen atoms in total. The molecular weight excluding hydrogens is 364 g/mol. The Hall–Kier alpha value is -0.950. The van der Waals surface area contributed by atoms with E-state index < -0.39 is 0 Å².